The van der Waals surface area contributed by atoms with E-state index < -0.39 is 5.97 Å². The van der Waals surface area contributed by atoms with Crippen molar-refractivity contribution in [3.05, 3.63) is 40.9 Å². The highest BCUT2D eigenvalue weighted by atomic mass is 35.5. The van der Waals surface area contributed by atoms with Gasteiger partial charge in [0.1, 0.15) is 0 Å². The first-order valence-corrected chi connectivity index (χ1v) is 5.25. The van der Waals surface area contributed by atoms with Gasteiger partial charge in [-0.25, -0.2) is 4.79 Å². The van der Waals surface area contributed by atoms with Crippen LogP contribution in [0.2, 0.25) is 5.02 Å². The van der Waals surface area contributed by atoms with Gasteiger partial charge in [-0.1, -0.05) is 23.7 Å². The highest BCUT2D eigenvalue weighted by Gasteiger charge is 2.27. The van der Waals surface area contributed by atoms with Gasteiger partial charge in [-0.3, -0.25) is 0 Å². The molecular weight excluding hydrogens is 212 g/mol. The summed E-state index contributed by atoms with van der Waals surface area (Å²) in [7, 11) is 0. The lowest BCUT2D eigenvalue weighted by Gasteiger charge is -2.05. The molecule has 0 atom stereocenters. The summed E-state index contributed by atoms with van der Waals surface area (Å²) in [6.45, 7) is 0. The van der Waals surface area contributed by atoms with Crippen LogP contribution in [0.25, 0.3) is 5.57 Å². The van der Waals surface area contributed by atoms with Crippen molar-refractivity contribution in [3.63, 3.8) is 0 Å². The minimum Gasteiger partial charge on any atom is -0.478 e. The first-order chi connectivity index (χ1) is 7.16. The molecule has 0 radical (unpaired) electrons. The van der Waals surface area contributed by atoms with Crippen LogP contribution >= 0.6 is 11.6 Å². The van der Waals surface area contributed by atoms with Crippen LogP contribution in [0.1, 0.15) is 18.4 Å². The Morgan fingerprint density at radius 3 is 2.73 bits per heavy atom. The van der Waals surface area contributed by atoms with E-state index in [-0.39, 0.29) is 0 Å². The molecule has 1 fully saturated rings. The predicted molar refractivity (Wildman–Crippen MR) is 59.8 cm³/mol. The average Bonchev–Trinajstić information content (AvgIpc) is 2.97. The van der Waals surface area contributed by atoms with Crippen LogP contribution in [-0.2, 0) is 4.79 Å². The van der Waals surface area contributed by atoms with E-state index in [0.29, 0.717) is 10.9 Å². The summed E-state index contributed by atoms with van der Waals surface area (Å²) in [6, 6.07) is 7.35. The van der Waals surface area contributed by atoms with Gasteiger partial charge >= 0.3 is 5.97 Å². The van der Waals surface area contributed by atoms with E-state index in [0.717, 1.165) is 24.0 Å². The van der Waals surface area contributed by atoms with E-state index >= 15 is 0 Å². The van der Waals surface area contributed by atoms with E-state index in [1.807, 2.05) is 18.2 Å². The van der Waals surface area contributed by atoms with Crippen LogP contribution in [0.5, 0.6) is 0 Å². The first kappa shape index (κ1) is 10.2. The Labute approximate surface area is 93.2 Å². The number of carbonyl (C=O) groups is 1. The summed E-state index contributed by atoms with van der Waals surface area (Å²) in [5.74, 6) is -0.489. The minimum absolute atomic E-state index is 0.402. The second-order valence-corrected chi connectivity index (χ2v) is 4.16. The molecule has 2 rings (SSSR count). The smallest absolute Gasteiger partial charge is 0.328 e. The molecule has 15 heavy (non-hydrogen) atoms. The maximum Gasteiger partial charge on any atom is 0.328 e. The molecule has 1 saturated carbocycles. The molecule has 0 aliphatic heterocycles. The van der Waals surface area contributed by atoms with Crippen LogP contribution in [0.3, 0.4) is 0 Å². The van der Waals surface area contributed by atoms with Gasteiger partial charge in [-0.2, -0.15) is 0 Å². The quantitative estimate of drug-likeness (QED) is 0.798. The number of carboxylic acids is 1. The molecule has 1 aromatic rings. The Hall–Kier alpha value is -1.28. The highest BCUT2D eigenvalue weighted by Crippen LogP contribution is 2.42. The molecule has 0 amide bonds. The number of halogens is 1. The molecule has 0 heterocycles. The lowest BCUT2D eigenvalue weighted by Crippen LogP contribution is -1.94. The van der Waals surface area contributed by atoms with E-state index in [1.165, 1.54) is 6.08 Å². The minimum atomic E-state index is -0.892. The highest BCUT2D eigenvalue weighted by molar-refractivity contribution is 6.30. The van der Waals surface area contributed by atoms with E-state index in [1.54, 1.807) is 6.07 Å². The Kier molecular flexibility index (Phi) is 2.78. The maximum atomic E-state index is 10.7. The zero-order valence-electron chi connectivity index (χ0n) is 8.11. The lowest BCUT2D eigenvalue weighted by molar-refractivity contribution is -0.131. The van der Waals surface area contributed by atoms with Crippen LogP contribution in [-0.4, -0.2) is 11.1 Å². The number of aliphatic carboxylic acids is 1. The molecular formula is C12H11ClO2. The monoisotopic (exact) mass is 222 g/mol. The first-order valence-electron chi connectivity index (χ1n) is 4.87. The predicted octanol–water partition coefficient (Wildman–Crippen LogP) is 3.22. The zero-order chi connectivity index (χ0) is 10.8. The molecule has 1 aliphatic carbocycles. The van der Waals surface area contributed by atoms with Gasteiger partial charge in [0.15, 0.2) is 0 Å². The van der Waals surface area contributed by atoms with Crippen molar-refractivity contribution in [2.75, 3.05) is 0 Å². The Morgan fingerprint density at radius 1 is 1.47 bits per heavy atom. The van der Waals surface area contributed by atoms with Gasteiger partial charge in [0, 0.05) is 11.1 Å². The maximum absolute atomic E-state index is 10.7. The molecule has 1 aliphatic rings. The molecule has 78 valence electrons. The van der Waals surface area contributed by atoms with Crippen molar-refractivity contribution >= 4 is 23.1 Å². The van der Waals surface area contributed by atoms with Crippen LogP contribution in [0, 0.1) is 5.92 Å². The van der Waals surface area contributed by atoms with Crippen LogP contribution in [0.15, 0.2) is 30.3 Å². The van der Waals surface area contributed by atoms with Gasteiger partial charge < -0.3 is 5.11 Å². The summed E-state index contributed by atoms with van der Waals surface area (Å²) >= 11 is 5.88. The second kappa shape index (κ2) is 4.07. The van der Waals surface area contributed by atoms with E-state index in [2.05, 4.69) is 0 Å². The fraction of sp³-hybridized carbons (Fsp3) is 0.250. The summed E-state index contributed by atoms with van der Waals surface area (Å²) in [5.41, 5.74) is 1.82. The number of hydrogen-bond acceptors (Lipinski definition) is 1. The third-order valence-electron chi connectivity index (χ3n) is 2.45. The van der Waals surface area contributed by atoms with Crippen molar-refractivity contribution in [3.8, 4) is 0 Å². The number of allylic oxidation sites excluding steroid dienone is 1. The second-order valence-electron chi connectivity index (χ2n) is 3.72. The fourth-order valence-electron chi connectivity index (χ4n) is 1.63. The van der Waals surface area contributed by atoms with Crippen molar-refractivity contribution in [1.29, 1.82) is 0 Å². The van der Waals surface area contributed by atoms with Crippen molar-refractivity contribution < 1.29 is 9.90 Å². The normalized spacial score (nSPS) is 16.5. The average molecular weight is 223 g/mol. The molecule has 1 aromatic carbocycles. The van der Waals surface area contributed by atoms with Gasteiger partial charge in [0.25, 0.3) is 0 Å². The SMILES string of the molecule is O=C(O)/C=C(/c1cccc(Cl)c1)C1CC1. The standard InChI is InChI=1S/C12H11ClO2/c13-10-3-1-2-9(6-10)11(7-12(14)15)8-4-5-8/h1-3,6-8H,4-5H2,(H,14,15)/b11-7+. The largest absolute Gasteiger partial charge is 0.478 e. The molecule has 3 heteroatoms. The molecule has 2 nitrogen and oxygen atoms in total. The van der Waals surface area contributed by atoms with Crippen molar-refractivity contribution in [1.82, 2.24) is 0 Å². The molecule has 0 spiro atoms. The lowest BCUT2D eigenvalue weighted by atomic mass is 10.0. The third-order valence-corrected chi connectivity index (χ3v) is 2.69. The van der Waals surface area contributed by atoms with E-state index in [4.69, 9.17) is 16.7 Å². The molecule has 1 N–H and O–H groups in total. The van der Waals surface area contributed by atoms with Gasteiger partial charge in [0.05, 0.1) is 0 Å². The number of hydrogen-bond donors (Lipinski definition) is 1. The van der Waals surface area contributed by atoms with Gasteiger partial charge in [-0.15, -0.1) is 0 Å². The van der Waals surface area contributed by atoms with Crippen molar-refractivity contribution in [2.24, 2.45) is 5.92 Å². The third kappa shape index (κ3) is 2.60. The Morgan fingerprint density at radius 2 is 2.20 bits per heavy atom. The van der Waals surface area contributed by atoms with Gasteiger partial charge in [0.2, 0.25) is 0 Å². The van der Waals surface area contributed by atoms with Crippen LogP contribution in [0.4, 0.5) is 0 Å². The molecule has 0 saturated heterocycles. The van der Waals surface area contributed by atoms with Gasteiger partial charge in [-0.05, 0) is 42.0 Å². The van der Waals surface area contributed by atoms with E-state index in [9.17, 15) is 4.79 Å². The zero-order valence-corrected chi connectivity index (χ0v) is 8.87. The topological polar surface area (TPSA) is 37.3 Å². The van der Waals surface area contributed by atoms with Crippen LogP contribution < -0.4 is 0 Å². The van der Waals surface area contributed by atoms with Crippen molar-refractivity contribution in [2.45, 2.75) is 12.8 Å². The molecule has 0 aromatic heterocycles. The molecule has 0 bridgehead atoms. The number of carboxylic acid groups (broad SMARTS) is 1. The Balaban J connectivity index is 2.36. The number of benzene rings is 1. The summed E-state index contributed by atoms with van der Waals surface area (Å²) < 4.78 is 0. The fourth-order valence-corrected chi connectivity index (χ4v) is 1.82. The Bertz CT molecular complexity index is 419. The number of rotatable bonds is 3. The molecule has 0 unspecified atom stereocenters. The summed E-state index contributed by atoms with van der Waals surface area (Å²) in [4.78, 5) is 10.7. The summed E-state index contributed by atoms with van der Waals surface area (Å²) in [6.07, 6.45) is 3.45. The summed E-state index contributed by atoms with van der Waals surface area (Å²) in [5, 5.41) is 9.42.